The number of nitrogens with zero attached hydrogens (tertiary/aromatic N) is 1. The lowest BCUT2D eigenvalue weighted by atomic mass is 9.94. The average molecular weight is 490 g/mol. The number of hydrogen-bond donors (Lipinski definition) is 2. The third-order valence-corrected chi connectivity index (χ3v) is 10.7. The average Bonchev–Trinajstić information content (AvgIpc) is 3.62. The van der Waals surface area contributed by atoms with Crippen molar-refractivity contribution >= 4 is 27.3 Å². The predicted octanol–water partition coefficient (Wildman–Crippen LogP) is 3.23. The molecule has 33 heavy (non-hydrogen) atoms. The van der Waals surface area contributed by atoms with Gasteiger partial charge in [0, 0.05) is 35.6 Å². The molecule has 0 spiro atoms. The minimum Gasteiger partial charge on any atom is -0.497 e. The van der Waals surface area contributed by atoms with Crippen molar-refractivity contribution in [3.05, 3.63) is 46.8 Å². The smallest absolute Gasteiger partial charge is 0.252 e. The quantitative estimate of drug-likeness (QED) is 0.595. The van der Waals surface area contributed by atoms with Crippen molar-refractivity contribution in [2.24, 2.45) is 11.8 Å². The molecule has 1 saturated heterocycles. The number of benzene rings is 1. The Labute approximate surface area is 199 Å². The zero-order chi connectivity index (χ0) is 23.0. The highest BCUT2D eigenvalue weighted by atomic mass is 32.2. The maximum atomic E-state index is 13.2. The Bertz CT molecular complexity index is 1120. The molecule has 2 saturated carbocycles. The van der Waals surface area contributed by atoms with Gasteiger partial charge in [0.05, 0.1) is 13.7 Å². The summed E-state index contributed by atoms with van der Waals surface area (Å²) in [5.41, 5.74) is 0.504. The molecule has 1 aliphatic heterocycles. The van der Waals surface area contributed by atoms with Crippen molar-refractivity contribution in [2.45, 2.75) is 54.9 Å². The van der Waals surface area contributed by atoms with Gasteiger partial charge < -0.3 is 15.4 Å². The second-order valence-electron chi connectivity index (χ2n) is 9.43. The number of thiophene rings is 1. The third kappa shape index (κ3) is 4.82. The molecule has 1 amide bonds. The number of fused-ring (bicyclic) bond motifs is 2. The molecule has 1 aromatic heterocycles. The lowest BCUT2D eigenvalue weighted by molar-refractivity contribution is 0.0951. The van der Waals surface area contributed by atoms with E-state index in [0.29, 0.717) is 34.7 Å². The topological polar surface area (TPSA) is 87.7 Å². The number of carbonyl (C=O) groups is 1. The fraction of sp³-hybridized carbons (Fsp3) is 0.542. The van der Waals surface area contributed by atoms with Crippen LogP contribution in [-0.2, 0) is 16.6 Å². The van der Waals surface area contributed by atoms with Crippen LogP contribution in [0.1, 0.15) is 47.3 Å². The van der Waals surface area contributed by atoms with E-state index >= 15 is 0 Å². The SMILES string of the molecule is COc1cccc(C(=O)NCc2ccc(S(=O)(=O)N3CCC(N[C@@H]4C[C@H]5CC[C@@H]4C5)C3)s2)c1. The maximum absolute atomic E-state index is 13.2. The molecule has 2 N–H and O–H groups in total. The Morgan fingerprint density at radius 2 is 2.06 bits per heavy atom. The molecule has 4 atom stereocenters. The van der Waals surface area contributed by atoms with Gasteiger partial charge in [0.2, 0.25) is 0 Å². The van der Waals surface area contributed by atoms with Gasteiger partial charge in [0.15, 0.2) is 0 Å². The van der Waals surface area contributed by atoms with Gasteiger partial charge in [-0.15, -0.1) is 11.3 Å². The Balaban J connectivity index is 1.16. The van der Waals surface area contributed by atoms with Crippen molar-refractivity contribution in [1.82, 2.24) is 14.9 Å². The van der Waals surface area contributed by atoms with Crippen LogP contribution in [0.2, 0.25) is 0 Å². The van der Waals surface area contributed by atoms with Crippen molar-refractivity contribution in [3.8, 4) is 5.75 Å². The summed E-state index contributed by atoms with van der Waals surface area (Å²) in [6.45, 7) is 1.38. The number of sulfonamides is 1. The number of methoxy groups -OCH3 is 1. The van der Waals surface area contributed by atoms with Crippen molar-refractivity contribution in [3.63, 3.8) is 0 Å². The Hall–Kier alpha value is -1.94. The second kappa shape index (κ2) is 9.37. The first-order valence-electron chi connectivity index (χ1n) is 11.7. The molecule has 3 aliphatic rings. The summed E-state index contributed by atoms with van der Waals surface area (Å²) in [5.74, 6) is 2.06. The first-order chi connectivity index (χ1) is 15.9. The minimum absolute atomic E-state index is 0.221. The summed E-state index contributed by atoms with van der Waals surface area (Å²) in [6, 6.07) is 11.2. The summed E-state index contributed by atoms with van der Waals surface area (Å²) >= 11 is 1.23. The molecule has 1 unspecified atom stereocenters. The number of rotatable bonds is 8. The number of ether oxygens (including phenoxy) is 1. The molecule has 2 aromatic rings. The van der Waals surface area contributed by atoms with Crippen LogP contribution in [0.4, 0.5) is 0 Å². The van der Waals surface area contributed by atoms with Crippen LogP contribution in [0.5, 0.6) is 5.75 Å². The standard InChI is InChI=1S/C24H31N3O4S2/c1-31-20-4-2-3-18(13-20)24(28)25-14-21-7-8-23(32-21)33(29,30)27-10-9-19(15-27)26-22-12-16-5-6-17(22)11-16/h2-4,7-8,13,16-17,19,22,26H,5-6,9-12,14-15H2,1H3,(H,25,28)/t16-,17+,19?,22+/m0/s1. The largest absolute Gasteiger partial charge is 0.497 e. The summed E-state index contributed by atoms with van der Waals surface area (Å²) in [7, 11) is -1.95. The molecule has 2 aliphatic carbocycles. The summed E-state index contributed by atoms with van der Waals surface area (Å²) < 4.78 is 33.5. The van der Waals surface area contributed by atoms with Crippen molar-refractivity contribution in [2.75, 3.05) is 20.2 Å². The van der Waals surface area contributed by atoms with E-state index in [1.54, 1.807) is 47.8 Å². The van der Waals surface area contributed by atoms with Crippen molar-refractivity contribution in [1.29, 1.82) is 0 Å². The highest BCUT2D eigenvalue weighted by molar-refractivity contribution is 7.91. The first kappa shape index (κ1) is 22.8. The van der Waals surface area contributed by atoms with Gasteiger partial charge in [0.1, 0.15) is 9.96 Å². The van der Waals surface area contributed by atoms with Crippen LogP contribution in [0.3, 0.4) is 0 Å². The van der Waals surface area contributed by atoms with E-state index in [-0.39, 0.29) is 18.5 Å². The fourth-order valence-corrected chi connectivity index (χ4v) is 8.54. The molecule has 178 valence electrons. The van der Waals surface area contributed by atoms with Gasteiger partial charge in [-0.3, -0.25) is 4.79 Å². The summed E-state index contributed by atoms with van der Waals surface area (Å²) in [4.78, 5) is 13.2. The van der Waals surface area contributed by atoms with E-state index in [9.17, 15) is 13.2 Å². The second-order valence-corrected chi connectivity index (χ2v) is 12.8. The summed E-state index contributed by atoms with van der Waals surface area (Å²) in [6.07, 6.45) is 6.16. The van der Waals surface area contributed by atoms with E-state index in [0.717, 1.165) is 23.1 Å². The monoisotopic (exact) mass is 489 g/mol. The highest BCUT2D eigenvalue weighted by Gasteiger charge is 2.42. The maximum Gasteiger partial charge on any atom is 0.252 e. The molecule has 9 heteroatoms. The Morgan fingerprint density at radius 3 is 2.82 bits per heavy atom. The van der Waals surface area contributed by atoms with Crippen LogP contribution in [0.15, 0.2) is 40.6 Å². The van der Waals surface area contributed by atoms with E-state index in [4.69, 9.17) is 4.74 Å². The number of nitrogens with one attached hydrogen (secondary N) is 2. The molecule has 1 aromatic carbocycles. The number of carbonyl (C=O) groups excluding carboxylic acids is 1. The third-order valence-electron chi connectivity index (χ3n) is 7.33. The van der Waals surface area contributed by atoms with Crippen LogP contribution < -0.4 is 15.4 Å². The van der Waals surface area contributed by atoms with Gasteiger partial charge >= 0.3 is 0 Å². The lowest BCUT2D eigenvalue weighted by Crippen LogP contribution is -2.43. The minimum atomic E-state index is -3.51. The zero-order valence-corrected chi connectivity index (χ0v) is 20.5. The summed E-state index contributed by atoms with van der Waals surface area (Å²) in [5, 5.41) is 6.62. The van der Waals surface area contributed by atoms with E-state index in [1.807, 2.05) is 0 Å². The molecule has 3 fully saturated rings. The fourth-order valence-electron chi connectivity index (χ4n) is 5.59. The van der Waals surface area contributed by atoms with Crippen LogP contribution in [-0.4, -0.2) is 50.9 Å². The molecule has 5 rings (SSSR count). The molecule has 2 bridgehead atoms. The van der Waals surface area contributed by atoms with Crippen molar-refractivity contribution < 1.29 is 17.9 Å². The Morgan fingerprint density at radius 1 is 1.18 bits per heavy atom. The van der Waals surface area contributed by atoms with E-state index < -0.39 is 10.0 Å². The van der Waals surface area contributed by atoms with Crippen LogP contribution >= 0.6 is 11.3 Å². The van der Waals surface area contributed by atoms with Gasteiger partial charge in [0.25, 0.3) is 15.9 Å². The normalized spacial score (nSPS) is 27.2. The Kier molecular flexibility index (Phi) is 6.48. The van der Waals surface area contributed by atoms with Crippen LogP contribution in [0.25, 0.3) is 0 Å². The van der Waals surface area contributed by atoms with Gasteiger partial charge in [-0.2, -0.15) is 4.31 Å². The van der Waals surface area contributed by atoms with Crippen LogP contribution in [0, 0.1) is 11.8 Å². The molecule has 0 radical (unpaired) electrons. The first-order valence-corrected chi connectivity index (χ1v) is 13.9. The van der Waals surface area contributed by atoms with Gasteiger partial charge in [-0.1, -0.05) is 12.5 Å². The zero-order valence-electron chi connectivity index (χ0n) is 18.8. The van der Waals surface area contributed by atoms with Gasteiger partial charge in [-0.25, -0.2) is 8.42 Å². The highest BCUT2D eigenvalue weighted by Crippen LogP contribution is 2.44. The van der Waals surface area contributed by atoms with Gasteiger partial charge in [-0.05, 0) is 67.9 Å². The predicted molar refractivity (Wildman–Crippen MR) is 128 cm³/mol. The van der Waals surface area contributed by atoms with E-state index in [1.165, 1.54) is 37.0 Å². The number of amides is 1. The molecule has 2 heterocycles. The van der Waals surface area contributed by atoms with E-state index in [2.05, 4.69) is 10.6 Å². The molecular formula is C24H31N3O4S2. The molecular weight excluding hydrogens is 458 g/mol. The molecule has 7 nitrogen and oxygen atoms in total. The lowest BCUT2D eigenvalue weighted by Gasteiger charge is -2.26. The number of hydrogen-bond acceptors (Lipinski definition) is 6.